The number of benzene rings is 2. The number of hydrogen-bond donors (Lipinski definition) is 1. The van der Waals surface area contributed by atoms with Crippen molar-refractivity contribution in [2.24, 2.45) is 5.10 Å². The highest BCUT2D eigenvalue weighted by Crippen LogP contribution is 2.22. The van der Waals surface area contributed by atoms with Gasteiger partial charge in [-0.15, -0.1) is 0 Å². The quantitative estimate of drug-likeness (QED) is 0.521. The molecule has 1 aromatic heterocycles. The molecular weight excluding hydrogens is 356 g/mol. The van der Waals surface area contributed by atoms with Crippen LogP contribution in [0.5, 0.6) is 5.75 Å². The third-order valence-corrected chi connectivity index (χ3v) is 3.85. The van der Waals surface area contributed by atoms with Gasteiger partial charge in [0, 0.05) is 5.56 Å². The fraction of sp³-hybridized carbons (Fsp3) is 0.0556. The Labute approximate surface area is 155 Å². The minimum Gasteiger partial charge on any atom is -0.497 e. The number of allylic oxidation sites excluding steroid dienone is 1. The molecule has 3 aromatic rings. The molecule has 0 aliphatic rings. The van der Waals surface area contributed by atoms with Crippen LogP contribution in [-0.2, 0) is 0 Å². The van der Waals surface area contributed by atoms with Crippen molar-refractivity contribution in [2.75, 3.05) is 7.11 Å². The molecule has 2 aromatic carbocycles. The average Bonchev–Trinajstić information content (AvgIpc) is 3.01. The Morgan fingerprint density at radius 1 is 1.24 bits per heavy atom. The number of halogens is 1. The predicted octanol–water partition coefficient (Wildman–Crippen LogP) is 4.73. The average molecular weight is 371 g/mol. The fourth-order valence-corrected chi connectivity index (χ4v) is 2.56. The summed E-state index contributed by atoms with van der Waals surface area (Å²) in [6.07, 6.45) is 3.35. The van der Waals surface area contributed by atoms with Gasteiger partial charge >= 0.3 is 0 Å². The van der Waals surface area contributed by atoms with Crippen LogP contribution < -0.4 is 4.74 Å². The number of H-pyrrole nitrogens is 1. The molecule has 0 fully saturated rings. The smallest absolute Gasteiger partial charge is 0.216 e. The maximum atomic E-state index is 6.24. The van der Waals surface area contributed by atoms with Crippen LogP contribution in [0, 0.1) is 4.77 Å². The fourth-order valence-electron chi connectivity index (χ4n) is 2.21. The Morgan fingerprint density at radius 2 is 2.04 bits per heavy atom. The van der Waals surface area contributed by atoms with E-state index in [1.165, 1.54) is 10.9 Å². The maximum Gasteiger partial charge on any atom is 0.216 e. The molecule has 0 unspecified atom stereocenters. The first kappa shape index (κ1) is 17.1. The number of methoxy groups -OCH3 is 1. The molecule has 0 saturated carbocycles. The second-order valence-corrected chi connectivity index (χ2v) is 5.90. The van der Waals surface area contributed by atoms with Gasteiger partial charge in [0.25, 0.3) is 0 Å². The molecule has 1 heterocycles. The first-order chi connectivity index (χ1) is 12.2. The number of aromatic amines is 1. The number of nitrogens with zero attached hydrogens (tertiary/aromatic N) is 3. The van der Waals surface area contributed by atoms with Crippen LogP contribution in [0.15, 0.2) is 64.7 Å². The lowest BCUT2D eigenvalue weighted by Crippen LogP contribution is -1.95. The number of nitrogens with one attached hydrogen (secondary N) is 1. The van der Waals surface area contributed by atoms with E-state index in [0.717, 1.165) is 16.9 Å². The van der Waals surface area contributed by atoms with Gasteiger partial charge in [-0.25, -0.2) is 5.10 Å². The van der Waals surface area contributed by atoms with Gasteiger partial charge < -0.3 is 4.74 Å². The highest BCUT2D eigenvalue weighted by Gasteiger charge is 2.09. The summed E-state index contributed by atoms with van der Waals surface area (Å²) in [5.41, 5.74) is 1.81. The van der Waals surface area contributed by atoms with Gasteiger partial charge in [-0.2, -0.15) is 14.9 Å². The van der Waals surface area contributed by atoms with Gasteiger partial charge in [-0.1, -0.05) is 54.1 Å². The van der Waals surface area contributed by atoms with Crippen LogP contribution in [0.3, 0.4) is 0 Å². The topological polar surface area (TPSA) is 55.2 Å². The third-order valence-electron chi connectivity index (χ3n) is 3.38. The molecule has 0 amide bonds. The zero-order valence-corrected chi connectivity index (χ0v) is 15.0. The van der Waals surface area contributed by atoms with Crippen molar-refractivity contribution >= 4 is 36.1 Å². The summed E-state index contributed by atoms with van der Waals surface area (Å²) in [5, 5.41) is 11.8. The maximum absolute atomic E-state index is 6.24. The van der Waals surface area contributed by atoms with Gasteiger partial charge in [0.2, 0.25) is 4.77 Å². The van der Waals surface area contributed by atoms with Crippen molar-refractivity contribution in [1.29, 1.82) is 0 Å². The highest BCUT2D eigenvalue weighted by molar-refractivity contribution is 7.71. The zero-order chi connectivity index (χ0) is 17.6. The predicted molar refractivity (Wildman–Crippen MR) is 104 cm³/mol. The van der Waals surface area contributed by atoms with E-state index in [2.05, 4.69) is 15.3 Å². The molecule has 0 bridgehead atoms. The van der Waals surface area contributed by atoms with Crippen LogP contribution in [0.1, 0.15) is 5.56 Å². The standard InChI is InChI=1S/C18H15ClN4OS/c1-24-16-9-5-8-14(11-16)17-21-22-18(25)23(17)20-12-15(19)10-13-6-3-2-4-7-13/h2-12H,1H3,(H,22,25)/b15-10-,20-12+. The third kappa shape index (κ3) is 4.23. The molecule has 0 spiro atoms. The molecule has 1 N–H and O–H groups in total. The molecule has 126 valence electrons. The summed E-state index contributed by atoms with van der Waals surface area (Å²) in [6, 6.07) is 17.3. The van der Waals surface area contributed by atoms with E-state index in [4.69, 9.17) is 28.6 Å². The largest absolute Gasteiger partial charge is 0.497 e. The first-order valence-corrected chi connectivity index (χ1v) is 8.24. The van der Waals surface area contributed by atoms with Crippen molar-refractivity contribution in [3.8, 4) is 17.1 Å². The summed E-state index contributed by atoms with van der Waals surface area (Å²) < 4.78 is 7.14. The lowest BCUT2D eigenvalue weighted by molar-refractivity contribution is 0.415. The van der Waals surface area contributed by atoms with Crippen molar-refractivity contribution in [1.82, 2.24) is 14.9 Å². The summed E-state index contributed by atoms with van der Waals surface area (Å²) in [4.78, 5) is 0. The van der Waals surface area contributed by atoms with Crippen molar-refractivity contribution in [3.63, 3.8) is 0 Å². The molecule has 0 atom stereocenters. The molecule has 0 aliphatic carbocycles. The van der Waals surface area contributed by atoms with Crippen LogP contribution in [0.25, 0.3) is 17.5 Å². The van der Waals surface area contributed by atoms with Crippen LogP contribution in [-0.4, -0.2) is 28.2 Å². The molecule has 25 heavy (non-hydrogen) atoms. The van der Waals surface area contributed by atoms with E-state index in [0.29, 0.717) is 15.6 Å². The Balaban J connectivity index is 1.92. The van der Waals surface area contributed by atoms with Crippen molar-refractivity contribution < 1.29 is 4.74 Å². The van der Waals surface area contributed by atoms with Gasteiger partial charge in [0.15, 0.2) is 5.82 Å². The van der Waals surface area contributed by atoms with E-state index in [1.807, 2.05) is 60.7 Å². The van der Waals surface area contributed by atoms with Crippen molar-refractivity contribution in [2.45, 2.75) is 0 Å². The Bertz CT molecular complexity index is 976. The Morgan fingerprint density at radius 3 is 2.80 bits per heavy atom. The molecule has 0 saturated heterocycles. The number of hydrogen-bond acceptors (Lipinski definition) is 4. The highest BCUT2D eigenvalue weighted by atomic mass is 35.5. The lowest BCUT2D eigenvalue weighted by atomic mass is 10.2. The van der Waals surface area contributed by atoms with Crippen LogP contribution >= 0.6 is 23.8 Å². The second kappa shape index (κ2) is 7.92. The second-order valence-electron chi connectivity index (χ2n) is 5.08. The minimum absolute atomic E-state index is 0.373. The Hall–Kier alpha value is -2.70. The molecule has 7 heteroatoms. The molecule has 0 radical (unpaired) electrons. The van der Waals surface area contributed by atoms with E-state index in [9.17, 15) is 0 Å². The Kier molecular flexibility index (Phi) is 5.42. The summed E-state index contributed by atoms with van der Waals surface area (Å²) >= 11 is 11.5. The van der Waals surface area contributed by atoms with Crippen LogP contribution in [0.2, 0.25) is 0 Å². The van der Waals surface area contributed by atoms with Gasteiger partial charge in [-0.05, 0) is 36.0 Å². The normalized spacial score (nSPS) is 11.8. The van der Waals surface area contributed by atoms with Gasteiger partial charge in [0.1, 0.15) is 5.75 Å². The molecular formula is C18H15ClN4OS. The minimum atomic E-state index is 0.373. The van der Waals surface area contributed by atoms with Crippen LogP contribution in [0.4, 0.5) is 0 Å². The van der Waals surface area contributed by atoms with Gasteiger partial charge in [-0.3, -0.25) is 0 Å². The summed E-state index contributed by atoms with van der Waals surface area (Å²) in [6.45, 7) is 0. The van der Waals surface area contributed by atoms with E-state index in [1.54, 1.807) is 7.11 Å². The summed E-state index contributed by atoms with van der Waals surface area (Å²) in [5.74, 6) is 1.30. The zero-order valence-electron chi connectivity index (χ0n) is 13.4. The van der Waals surface area contributed by atoms with Gasteiger partial charge in [0.05, 0.1) is 18.4 Å². The number of rotatable bonds is 5. The molecule has 5 nitrogen and oxygen atoms in total. The summed E-state index contributed by atoms with van der Waals surface area (Å²) in [7, 11) is 1.61. The number of ether oxygens (including phenoxy) is 1. The lowest BCUT2D eigenvalue weighted by Gasteiger charge is -2.03. The number of aromatic nitrogens is 3. The first-order valence-electron chi connectivity index (χ1n) is 7.46. The van der Waals surface area contributed by atoms with E-state index < -0.39 is 0 Å². The SMILES string of the molecule is COc1cccc(-c2n[nH]c(=S)n2/N=C/C(Cl)=C/c2ccccc2)c1. The molecule has 0 aliphatic heterocycles. The van der Waals surface area contributed by atoms with Crippen molar-refractivity contribution in [3.05, 3.63) is 70.0 Å². The van der Waals surface area contributed by atoms with E-state index >= 15 is 0 Å². The molecule has 3 rings (SSSR count). The monoisotopic (exact) mass is 370 g/mol. The van der Waals surface area contributed by atoms with E-state index in [-0.39, 0.29) is 0 Å².